The van der Waals surface area contributed by atoms with Crippen molar-refractivity contribution in [3.05, 3.63) is 59.7 Å². The predicted octanol–water partition coefficient (Wildman–Crippen LogP) is 7.28. The summed E-state index contributed by atoms with van der Waals surface area (Å²) >= 11 is 0. The van der Waals surface area contributed by atoms with Gasteiger partial charge in [-0.1, -0.05) is 31.4 Å². The summed E-state index contributed by atoms with van der Waals surface area (Å²) in [4.78, 5) is 62.9. The molecule has 1 saturated heterocycles. The molecule has 4 N–H and O–H groups in total. The molecule has 1 fully saturated rings. The number of carboxylic acid groups (broad SMARTS) is 1. The van der Waals surface area contributed by atoms with Gasteiger partial charge in [0.2, 0.25) is 11.9 Å². The van der Waals surface area contributed by atoms with Crippen LogP contribution < -0.4 is 25.4 Å². The molecule has 0 saturated carbocycles. The summed E-state index contributed by atoms with van der Waals surface area (Å²) < 4.78 is 60.3. The third-order valence-corrected chi connectivity index (χ3v) is 8.58. The summed E-state index contributed by atoms with van der Waals surface area (Å²) in [6.45, 7) is 9.52. The number of nitrogens with one attached hydrogen (secondary N) is 3. The van der Waals surface area contributed by atoms with Gasteiger partial charge < -0.3 is 44.9 Å². The Kier molecular flexibility index (Phi) is 16.3. The first-order chi connectivity index (χ1) is 28.1. The van der Waals surface area contributed by atoms with Crippen LogP contribution in [0.4, 0.5) is 35.5 Å². The maximum absolute atomic E-state index is 13.1. The molecular formula is C41H54F3N7O9. The van der Waals surface area contributed by atoms with Crippen molar-refractivity contribution in [2.75, 3.05) is 36.9 Å². The lowest BCUT2D eigenvalue weighted by Gasteiger charge is -2.24. The molecule has 2 amide bonds. The summed E-state index contributed by atoms with van der Waals surface area (Å²) in [5.41, 5.74) is 0.0771. The number of halogens is 3. The molecule has 0 unspecified atom stereocenters. The molecular weight excluding hydrogens is 791 g/mol. The number of carbonyl (C=O) groups is 4. The van der Waals surface area contributed by atoms with Crippen LogP contribution in [-0.2, 0) is 25.6 Å². The molecule has 2 atom stereocenters. The Bertz CT molecular complexity index is 1900. The number of rotatable bonds is 19. The lowest BCUT2D eigenvalue weighted by molar-refractivity contribution is -0.155. The number of amides is 2. The van der Waals surface area contributed by atoms with Crippen LogP contribution in [0, 0.1) is 5.92 Å². The molecule has 2 aromatic carbocycles. The van der Waals surface area contributed by atoms with E-state index in [9.17, 15) is 37.5 Å². The van der Waals surface area contributed by atoms with E-state index in [1.807, 2.05) is 32.9 Å². The van der Waals surface area contributed by atoms with Crippen molar-refractivity contribution in [3.8, 4) is 11.8 Å². The maximum Gasteiger partial charge on any atom is 0.422 e. The first-order valence-corrected chi connectivity index (χ1v) is 19.6. The molecule has 1 aliphatic heterocycles. The minimum absolute atomic E-state index is 0.0613. The smallest absolute Gasteiger partial charge is 0.422 e. The van der Waals surface area contributed by atoms with Gasteiger partial charge in [-0.25, -0.2) is 4.79 Å². The minimum atomic E-state index is -4.64. The Morgan fingerprint density at radius 2 is 1.42 bits per heavy atom. The summed E-state index contributed by atoms with van der Waals surface area (Å²) in [6.07, 6.45) is -0.395. The zero-order valence-electron chi connectivity index (χ0n) is 34.7. The van der Waals surface area contributed by atoms with Crippen LogP contribution in [0.25, 0.3) is 0 Å². The molecule has 16 nitrogen and oxygen atoms in total. The molecule has 3 aromatic rings. The predicted molar refractivity (Wildman–Crippen MR) is 214 cm³/mol. The molecule has 60 heavy (non-hydrogen) atoms. The first-order valence-electron chi connectivity index (χ1n) is 19.6. The van der Waals surface area contributed by atoms with E-state index in [1.54, 1.807) is 32.9 Å². The quantitative estimate of drug-likeness (QED) is 0.0692. The SMILES string of the molecule is CC(C)(C)OC(=O)CCCCCCCOc1ccc(CNc2nc(Nc3ccc(C(=O)N[C@H]4CN(C(=O)OC(C)(C)C)C[C@@H]4C(=O)O)cc3)nc(OCC(F)(F)F)n2)cc1. The van der Waals surface area contributed by atoms with E-state index >= 15 is 0 Å². The molecule has 0 spiro atoms. The Morgan fingerprint density at radius 3 is 2.05 bits per heavy atom. The molecule has 0 bridgehead atoms. The van der Waals surface area contributed by atoms with Gasteiger partial charge in [0.1, 0.15) is 17.0 Å². The van der Waals surface area contributed by atoms with Gasteiger partial charge >= 0.3 is 30.2 Å². The molecule has 0 radical (unpaired) electrons. The highest BCUT2D eigenvalue weighted by Crippen LogP contribution is 2.24. The highest BCUT2D eigenvalue weighted by atomic mass is 19.4. The number of anilines is 3. The van der Waals surface area contributed by atoms with E-state index in [4.69, 9.17) is 18.9 Å². The molecule has 2 heterocycles. The Hall–Kier alpha value is -5.88. The van der Waals surface area contributed by atoms with Crippen LogP contribution in [0.3, 0.4) is 0 Å². The van der Waals surface area contributed by atoms with Gasteiger partial charge in [0.15, 0.2) is 6.61 Å². The van der Waals surface area contributed by atoms with Crippen molar-refractivity contribution < 1.29 is 56.4 Å². The van der Waals surface area contributed by atoms with Crippen LogP contribution in [-0.4, -0.2) is 98.6 Å². The van der Waals surface area contributed by atoms with Gasteiger partial charge in [0.05, 0.1) is 18.6 Å². The van der Waals surface area contributed by atoms with E-state index in [0.717, 1.165) is 37.7 Å². The maximum atomic E-state index is 13.1. The highest BCUT2D eigenvalue weighted by molar-refractivity contribution is 5.95. The number of hydrogen-bond acceptors (Lipinski definition) is 13. The van der Waals surface area contributed by atoms with Crippen molar-refractivity contribution in [2.45, 2.75) is 110 Å². The summed E-state index contributed by atoms with van der Waals surface area (Å²) in [5, 5.41) is 18.3. The van der Waals surface area contributed by atoms with Crippen LogP contribution in [0.2, 0.25) is 0 Å². The number of ether oxygens (including phenoxy) is 4. The lowest BCUT2D eigenvalue weighted by atomic mass is 10.0. The van der Waals surface area contributed by atoms with Crippen molar-refractivity contribution in [2.24, 2.45) is 5.92 Å². The van der Waals surface area contributed by atoms with Gasteiger partial charge in [0, 0.05) is 37.3 Å². The zero-order chi connectivity index (χ0) is 44.1. The first kappa shape index (κ1) is 46.8. The largest absolute Gasteiger partial charge is 0.494 e. The van der Waals surface area contributed by atoms with Gasteiger partial charge in [-0.05, 0) is 96.3 Å². The highest BCUT2D eigenvalue weighted by Gasteiger charge is 2.42. The second-order valence-corrected chi connectivity index (χ2v) is 16.2. The number of unbranched alkanes of at least 4 members (excludes halogenated alkanes) is 4. The zero-order valence-corrected chi connectivity index (χ0v) is 34.7. The third kappa shape index (κ3) is 16.8. The third-order valence-electron chi connectivity index (χ3n) is 8.58. The van der Waals surface area contributed by atoms with Crippen LogP contribution in [0.1, 0.15) is 96.0 Å². The van der Waals surface area contributed by atoms with Crippen molar-refractivity contribution in [1.82, 2.24) is 25.2 Å². The fraction of sp³-hybridized carbons (Fsp3) is 0.537. The molecule has 0 aliphatic carbocycles. The molecule has 328 valence electrons. The van der Waals surface area contributed by atoms with E-state index in [1.165, 1.54) is 29.2 Å². The van der Waals surface area contributed by atoms with Gasteiger partial charge in [0.25, 0.3) is 5.91 Å². The number of carbonyl (C=O) groups excluding carboxylic acids is 3. The fourth-order valence-electron chi connectivity index (χ4n) is 5.83. The lowest BCUT2D eigenvalue weighted by Crippen LogP contribution is -2.43. The Balaban J connectivity index is 1.29. The normalized spacial score (nSPS) is 15.5. The number of hydrogen-bond donors (Lipinski definition) is 4. The number of likely N-dealkylation sites (tertiary alicyclic amines) is 1. The Morgan fingerprint density at radius 1 is 0.783 bits per heavy atom. The molecule has 19 heteroatoms. The number of aliphatic carboxylic acids is 1. The monoisotopic (exact) mass is 845 g/mol. The Labute approximate surface area is 346 Å². The van der Waals surface area contributed by atoms with Gasteiger partial charge in [-0.15, -0.1) is 0 Å². The van der Waals surface area contributed by atoms with Crippen molar-refractivity contribution in [1.29, 1.82) is 0 Å². The molecule has 4 rings (SSSR count). The van der Waals surface area contributed by atoms with Crippen LogP contribution >= 0.6 is 0 Å². The average molecular weight is 846 g/mol. The van der Waals surface area contributed by atoms with Gasteiger partial charge in [-0.3, -0.25) is 14.4 Å². The summed E-state index contributed by atoms with van der Waals surface area (Å²) in [5.74, 6) is -2.54. The fourth-order valence-corrected chi connectivity index (χ4v) is 5.83. The van der Waals surface area contributed by atoms with E-state index in [-0.39, 0.29) is 43.1 Å². The second-order valence-electron chi connectivity index (χ2n) is 16.2. The molecule has 1 aromatic heterocycles. The standard InChI is InChI=1S/C41H54F3N7O9/c1-39(2,3)59-32(52)12-10-8-7-9-11-21-57-29-19-13-26(14-20-29)22-45-35-48-36(50-37(49-35)58-25-41(42,43)44)46-28-17-15-27(16-18-28)33(53)47-31-24-51(23-30(31)34(54)55)38(56)60-40(4,5)6/h13-20,30-31H,7-12,21-25H2,1-6H3,(H,47,53)(H,54,55)(H2,45,46,48,49,50)/t30-,31-/m0/s1. The summed E-state index contributed by atoms with van der Waals surface area (Å²) in [6, 6.07) is 11.7. The van der Waals surface area contributed by atoms with Crippen LogP contribution in [0.5, 0.6) is 11.8 Å². The molecule has 1 aliphatic rings. The van der Waals surface area contributed by atoms with Gasteiger partial charge in [-0.2, -0.15) is 28.1 Å². The van der Waals surface area contributed by atoms with E-state index in [2.05, 4.69) is 30.9 Å². The number of nitrogens with zero attached hydrogens (tertiary/aromatic N) is 4. The van der Waals surface area contributed by atoms with Crippen LogP contribution in [0.15, 0.2) is 48.5 Å². The second kappa shape index (κ2) is 20.9. The number of esters is 1. The summed E-state index contributed by atoms with van der Waals surface area (Å²) in [7, 11) is 0. The topological polar surface area (TPSA) is 203 Å². The van der Waals surface area contributed by atoms with Crippen molar-refractivity contribution >= 4 is 41.5 Å². The van der Waals surface area contributed by atoms with Crippen molar-refractivity contribution in [3.63, 3.8) is 0 Å². The number of benzene rings is 2. The van der Waals surface area contributed by atoms with E-state index in [0.29, 0.717) is 24.5 Å². The number of aromatic nitrogens is 3. The van der Waals surface area contributed by atoms with E-state index < -0.39 is 59.9 Å². The average Bonchev–Trinajstić information content (AvgIpc) is 3.58. The number of carboxylic acids is 1. The minimum Gasteiger partial charge on any atom is -0.494 e. The number of alkyl halides is 3.